The second-order valence-corrected chi connectivity index (χ2v) is 6.90. The van der Waals surface area contributed by atoms with Gasteiger partial charge in [0.1, 0.15) is 5.82 Å². The van der Waals surface area contributed by atoms with Crippen LogP contribution < -0.4 is 10.6 Å². The third-order valence-corrected chi connectivity index (χ3v) is 5.02. The molecular formula is C20H20FN3O3. The quantitative estimate of drug-likeness (QED) is 0.728. The Hall–Kier alpha value is -2.93. The summed E-state index contributed by atoms with van der Waals surface area (Å²) in [6.45, 7) is 4.82. The van der Waals surface area contributed by atoms with Crippen molar-refractivity contribution in [2.75, 3.05) is 18.5 Å². The number of H-pyrrole nitrogens is 1. The highest BCUT2D eigenvalue weighted by Crippen LogP contribution is 2.34. The van der Waals surface area contributed by atoms with Gasteiger partial charge in [-0.25, -0.2) is 4.39 Å². The van der Waals surface area contributed by atoms with Gasteiger partial charge in [0.15, 0.2) is 0 Å². The summed E-state index contributed by atoms with van der Waals surface area (Å²) in [6, 6.07) is 4.20. The molecule has 0 radical (unpaired) electrons. The molecule has 1 atom stereocenters. The van der Waals surface area contributed by atoms with Gasteiger partial charge in [0.25, 0.3) is 11.8 Å². The summed E-state index contributed by atoms with van der Waals surface area (Å²) < 4.78 is 18.9. The van der Waals surface area contributed by atoms with E-state index in [1.807, 2.05) is 13.8 Å². The molecule has 27 heavy (non-hydrogen) atoms. The fraction of sp³-hybridized carbons (Fsp3) is 0.300. The Morgan fingerprint density at radius 3 is 2.93 bits per heavy atom. The summed E-state index contributed by atoms with van der Waals surface area (Å²) in [6.07, 6.45) is 2.46. The number of hydrogen-bond acceptors (Lipinski definition) is 3. The third kappa shape index (κ3) is 3.14. The Balaban J connectivity index is 1.68. The van der Waals surface area contributed by atoms with Crippen LogP contribution in [0.3, 0.4) is 0 Å². The van der Waals surface area contributed by atoms with E-state index in [1.165, 1.54) is 12.1 Å². The summed E-state index contributed by atoms with van der Waals surface area (Å²) in [5.41, 5.74) is 4.13. The fourth-order valence-electron chi connectivity index (χ4n) is 3.61. The molecule has 3 N–H and O–H groups in total. The molecule has 2 amide bonds. The Morgan fingerprint density at radius 2 is 2.19 bits per heavy atom. The van der Waals surface area contributed by atoms with Crippen LogP contribution in [-0.2, 0) is 9.53 Å². The van der Waals surface area contributed by atoms with Crippen molar-refractivity contribution in [3.63, 3.8) is 0 Å². The number of halogens is 1. The number of nitrogens with one attached hydrogen (secondary N) is 3. The van der Waals surface area contributed by atoms with Crippen molar-refractivity contribution in [2.45, 2.75) is 26.3 Å². The molecule has 1 aromatic heterocycles. The van der Waals surface area contributed by atoms with Crippen LogP contribution in [0.25, 0.3) is 11.6 Å². The number of aromatic nitrogens is 1. The lowest BCUT2D eigenvalue weighted by Gasteiger charge is -2.11. The molecule has 4 rings (SSSR count). The van der Waals surface area contributed by atoms with Crippen LogP contribution in [0, 0.1) is 19.7 Å². The second kappa shape index (κ2) is 6.66. The van der Waals surface area contributed by atoms with Gasteiger partial charge in [0.05, 0.1) is 23.8 Å². The minimum Gasteiger partial charge on any atom is -0.379 e. The van der Waals surface area contributed by atoms with Crippen LogP contribution in [0.4, 0.5) is 10.1 Å². The monoisotopic (exact) mass is 369 g/mol. The average Bonchev–Trinajstić information content (AvgIpc) is 3.29. The summed E-state index contributed by atoms with van der Waals surface area (Å²) in [5, 5.41) is 5.71. The van der Waals surface area contributed by atoms with Crippen LogP contribution in [0.2, 0.25) is 0 Å². The van der Waals surface area contributed by atoms with E-state index in [0.717, 1.165) is 12.0 Å². The van der Waals surface area contributed by atoms with Crippen LogP contribution in [0.15, 0.2) is 18.2 Å². The van der Waals surface area contributed by atoms with Crippen LogP contribution >= 0.6 is 0 Å². The number of ether oxygens (including phenoxy) is 1. The number of carbonyl (C=O) groups excluding carboxylic acids is 2. The highest BCUT2D eigenvalue weighted by Gasteiger charge is 2.27. The maximum Gasteiger partial charge on any atom is 0.256 e. The van der Waals surface area contributed by atoms with Crippen LogP contribution in [0.5, 0.6) is 0 Å². The zero-order chi connectivity index (χ0) is 19.1. The Bertz CT molecular complexity index is 971. The lowest BCUT2D eigenvalue weighted by atomic mass is 10.0. The SMILES string of the molecule is Cc1[nH]c(C=C2C(=O)Nc3ccc(F)cc32)c(C)c1C(=O)N[C@@H]1CCOC1. The molecule has 0 saturated carbocycles. The first-order chi connectivity index (χ1) is 12.9. The molecule has 6 nitrogen and oxygen atoms in total. The minimum atomic E-state index is -0.408. The summed E-state index contributed by atoms with van der Waals surface area (Å²) in [5.74, 6) is -0.866. The first kappa shape index (κ1) is 17.5. The Kier molecular flexibility index (Phi) is 4.31. The lowest BCUT2D eigenvalue weighted by molar-refractivity contribution is -0.110. The van der Waals surface area contributed by atoms with Gasteiger partial charge in [0, 0.05) is 29.2 Å². The molecule has 1 aromatic carbocycles. The molecule has 2 aromatic rings. The molecule has 0 unspecified atom stereocenters. The van der Waals surface area contributed by atoms with Crippen molar-refractivity contribution in [1.82, 2.24) is 10.3 Å². The number of hydrogen-bond donors (Lipinski definition) is 3. The molecule has 2 aliphatic heterocycles. The molecule has 0 aliphatic carbocycles. The summed E-state index contributed by atoms with van der Waals surface area (Å²) >= 11 is 0. The number of benzene rings is 1. The van der Waals surface area contributed by atoms with Gasteiger partial charge >= 0.3 is 0 Å². The van der Waals surface area contributed by atoms with Gasteiger partial charge < -0.3 is 20.4 Å². The molecule has 0 bridgehead atoms. The lowest BCUT2D eigenvalue weighted by Crippen LogP contribution is -2.35. The maximum absolute atomic E-state index is 13.6. The standard InChI is InChI=1S/C20H20FN3O3/c1-10-17(8-15-14-7-12(21)3-4-16(14)24-19(15)25)22-11(2)18(10)20(26)23-13-5-6-27-9-13/h3-4,7-8,13,22H,5-6,9H2,1-2H3,(H,23,26)(H,24,25)/t13-/m1/s1. The summed E-state index contributed by atoms with van der Waals surface area (Å²) in [7, 11) is 0. The highest BCUT2D eigenvalue weighted by molar-refractivity contribution is 6.34. The zero-order valence-corrected chi connectivity index (χ0v) is 15.1. The predicted octanol–water partition coefficient (Wildman–Crippen LogP) is 2.78. The molecule has 1 fully saturated rings. The largest absolute Gasteiger partial charge is 0.379 e. The van der Waals surface area contributed by atoms with E-state index in [1.54, 1.807) is 12.1 Å². The van der Waals surface area contributed by atoms with Gasteiger partial charge in [-0.05, 0) is 50.1 Å². The molecule has 140 valence electrons. The Labute approximate surface area is 155 Å². The molecule has 0 spiro atoms. The van der Waals surface area contributed by atoms with Crippen molar-refractivity contribution in [3.8, 4) is 0 Å². The van der Waals surface area contributed by atoms with E-state index in [4.69, 9.17) is 4.74 Å². The van der Waals surface area contributed by atoms with E-state index in [9.17, 15) is 14.0 Å². The second-order valence-electron chi connectivity index (χ2n) is 6.90. The molecule has 2 aliphatic rings. The first-order valence-electron chi connectivity index (χ1n) is 8.85. The normalized spacial score (nSPS) is 20.0. The van der Waals surface area contributed by atoms with Crippen molar-refractivity contribution >= 4 is 29.2 Å². The Morgan fingerprint density at radius 1 is 1.37 bits per heavy atom. The summed E-state index contributed by atoms with van der Waals surface area (Å²) in [4.78, 5) is 28.1. The fourth-order valence-corrected chi connectivity index (χ4v) is 3.61. The van der Waals surface area contributed by atoms with E-state index in [2.05, 4.69) is 15.6 Å². The predicted molar refractivity (Wildman–Crippen MR) is 99.9 cm³/mol. The van der Waals surface area contributed by atoms with E-state index in [0.29, 0.717) is 47.0 Å². The highest BCUT2D eigenvalue weighted by atomic mass is 19.1. The van der Waals surface area contributed by atoms with Crippen molar-refractivity contribution in [2.24, 2.45) is 0 Å². The molecular weight excluding hydrogens is 349 g/mol. The van der Waals surface area contributed by atoms with E-state index < -0.39 is 5.82 Å². The van der Waals surface area contributed by atoms with Gasteiger partial charge in [-0.2, -0.15) is 0 Å². The number of rotatable bonds is 3. The molecule has 3 heterocycles. The van der Waals surface area contributed by atoms with Gasteiger partial charge in [-0.1, -0.05) is 0 Å². The van der Waals surface area contributed by atoms with Crippen molar-refractivity contribution < 1.29 is 18.7 Å². The molecule has 1 saturated heterocycles. The number of amides is 2. The number of fused-ring (bicyclic) bond motifs is 1. The maximum atomic E-state index is 13.6. The minimum absolute atomic E-state index is 0.0171. The van der Waals surface area contributed by atoms with Gasteiger partial charge in [-0.15, -0.1) is 0 Å². The van der Waals surface area contributed by atoms with Crippen molar-refractivity contribution in [3.05, 3.63) is 52.1 Å². The van der Waals surface area contributed by atoms with Crippen molar-refractivity contribution in [1.29, 1.82) is 0 Å². The number of aryl methyl sites for hydroxylation is 1. The number of anilines is 1. The zero-order valence-electron chi connectivity index (χ0n) is 15.1. The van der Waals surface area contributed by atoms with Crippen LogP contribution in [-0.4, -0.2) is 36.1 Å². The van der Waals surface area contributed by atoms with Gasteiger partial charge in [0.2, 0.25) is 0 Å². The topological polar surface area (TPSA) is 83.2 Å². The molecule has 7 heteroatoms. The van der Waals surface area contributed by atoms with E-state index >= 15 is 0 Å². The number of aromatic amines is 1. The number of carbonyl (C=O) groups is 2. The smallest absolute Gasteiger partial charge is 0.256 e. The third-order valence-electron chi connectivity index (χ3n) is 5.02. The first-order valence-corrected chi connectivity index (χ1v) is 8.85. The van der Waals surface area contributed by atoms with E-state index in [-0.39, 0.29) is 17.9 Å². The van der Waals surface area contributed by atoms with Crippen LogP contribution in [0.1, 0.15) is 39.3 Å². The van der Waals surface area contributed by atoms with Gasteiger partial charge in [-0.3, -0.25) is 9.59 Å². The average molecular weight is 369 g/mol.